The van der Waals surface area contributed by atoms with Crippen LogP contribution in [0.1, 0.15) is 13.8 Å². The van der Waals surface area contributed by atoms with Gasteiger partial charge in [-0.1, -0.05) is 18.2 Å². The first-order valence-electron chi connectivity index (χ1n) is 4.77. The van der Waals surface area contributed by atoms with Gasteiger partial charge in [0.15, 0.2) is 0 Å². The lowest BCUT2D eigenvalue weighted by Gasteiger charge is -2.18. The molecule has 0 bridgehead atoms. The minimum Gasteiger partial charge on any atom is -0.313 e. The van der Waals surface area contributed by atoms with Gasteiger partial charge >= 0.3 is 0 Å². The fourth-order valence-electron chi connectivity index (χ4n) is 1.42. The number of nitrogens with two attached hydrogens (primary N) is 1. The van der Waals surface area contributed by atoms with Gasteiger partial charge in [-0.25, -0.2) is 0 Å². The van der Waals surface area contributed by atoms with Gasteiger partial charge in [-0.2, -0.15) is 10.1 Å². The van der Waals surface area contributed by atoms with Gasteiger partial charge in [-0.3, -0.25) is 4.79 Å². The van der Waals surface area contributed by atoms with Gasteiger partial charge in [0.2, 0.25) is 0 Å². The quantitative estimate of drug-likeness (QED) is 0.743. The molecule has 0 aromatic heterocycles. The van der Waals surface area contributed by atoms with E-state index in [2.05, 4.69) is 5.10 Å². The predicted molar refractivity (Wildman–Crippen MR) is 59.6 cm³/mol. The minimum atomic E-state index is -0.976. The number of hydrogen-bond donors (Lipinski definition) is 1. The molecule has 1 aliphatic heterocycles. The number of hydrogen-bond acceptors (Lipinski definition) is 3. The van der Waals surface area contributed by atoms with Crippen LogP contribution in [0.5, 0.6) is 0 Å². The molecule has 0 spiro atoms. The lowest BCUT2D eigenvalue weighted by Crippen LogP contribution is -2.51. The van der Waals surface area contributed by atoms with Crippen molar-refractivity contribution >= 4 is 17.3 Å². The molecular formula is C11H13N3O. The van der Waals surface area contributed by atoms with E-state index in [1.807, 2.05) is 30.3 Å². The fourth-order valence-corrected chi connectivity index (χ4v) is 1.42. The third-order valence-corrected chi connectivity index (χ3v) is 2.64. The number of hydrazone groups is 1. The van der Waals surface area contributed by atoms with Crippen molar-refractivity contribution in [3.05, 3.63) is 30.3 Å². The van der Waals surface area contributed by atoms with Gasteiger partial charge in [0.05, 0.1) is 11.4 Å². The molecule has 0 saturated carbocycles. The highest BCUT2D eigenvalue weighted by Crippen LogP contribution is 2.24. The summed E-state index contributed by atoms with van der Waals surface area (Å²) in [5.41, 5.74) is 6.28. The van der Waals surface area contributed by atoms with Crippen molar-refractivity contribution in [2.24, 2.45) is 10.8 Å². The number of para-hydroxylation sites is 1. The summed E-state index contributed by atoms with van der Waals surface area (Å²) in [6, 6.07) is 9.27. The molecule has 1 heterocycles. The SMILES string of the molecule is CC1=NN(c2ccccc2)C(=O)[C@@]1(C)N. The highest BCUT2D eigenvalue weighted by atomic mass is 16.2. The Balaban J connectivity index is 2.40. The van der Waals surface area contributed by atoms with E-state index < -0.39 is 5.54 Å². The summed E-state index contributed by atoms with van der Waals surface area (Å²) < 4.78 is 0. The summed E-state index contributed by atoms with van der Waals surface area (Å²) in [4.78, 5) is 11.9. The second-order valence-electron chi connectivity index (χ2n) is 3.84. The van der Waals surface area contributed by atoms with Gasteiger partial charge < -0.3 is 5.73 Å². The Labute approximate surface area is 88.4 Å². The predicted octanol–water partition coefficient (Wildman–Crippen LogP) is 1.13. The van der Waals surface area contributed by atoms with Crippen molar-refractivity contribution in [1.82, 2.24) is 0 Å². The Bertz CT molecular complexity index is 423. The normalized spacial score (nSPS) is 25.7. The van der Waals surface area contributed by atoms with Crippen LogP contribution in [-0.4, -0.2) is 17.2 Å². The smallest absolute Gasteiger partial charge is 0.273 e. The standard InChI is InChI=1S/C11H13N3O/c1-8-11(2,12)10(15)14(13-8)9-6-4-3-5-7-9/h3-7H,12H2,1-2H3/t11-/m0/s1. The minimum absolute atomic E-state index is 0.189. The van der Waals surface area contributed by atoms with E-state index in [4.69, 9.17) is 5.73 Å². The maximum absolute atomic E-state index is 11.9. The molecule has 0 saturated heterocycles. The molecule has 1 aliphatic rings. The number of rotatable bonds is 1. The van der Waals surface area contributed by atoms with Crippen molar-refractivity contribution in [3.63, 3.8) is 0 Å². The van der Waals surface area contributed by atoms with E-state index in [1.54, 1.807) is 13.8 Å². The van der Waals surface area contributed by atoms with E-state index in [0.29, 0.717) is 5.71 Å². The van der Waals surface area contributed by atoms with E-state index in [-0.39, 0.29) is 5.91 Å². The topological polar surface area (TPSA) is 58.7 Å². The molecule has 1 aromatic carbocycles. The van der Waals surface area contributed by atoms with E-state index >= 15 is 0 Å². The fraction of sp³-hybridized carbons (Fsp3) is 0.273. The maximum atomic E-state index is 11.9. The summed E-state index contributed by atoms with van der Waals surface area (Å²) >= 11 is 0. The van der Waals surface area contributed by atoms with Crippen LogP contribution >= 0.6 is 0 Å². The third kappa shape index (κ3) is 1.43. The molecule has 78 valence electrons. The van der Waals surface area contributed by atoms with E-state index in [1.165, 1.54) is 5.01 Å². The van der Waals surface area contributed by atoms with Crippen molar-refractivity contribution in [1.29, 1.82) is 0 Å². The monoisotopic (exact) mass is 203 g/mol. The highest BCUT2D eigenvalue weighted by Gasteiger charge is 2.42. The average Bonchev–Trinajstić information content (AvgIpc) is 2.44. The molecule has 2 rings (SSSR count). The van der Waals surface area contributed by atoms with Gasteiger partial charge in [-0.05, 0) is 26.0 Å². The molecule has 0 fully saturated rings. The zero-order valence-electron chi connectivity index (χ0n) is 8.77. The van der Waals surface area contributed by atoms with Crippen molar-refractivity contribution < 1.29 is 4.79 Å². The Kier molecular flexibility index (Phi) is 2.08. The first kappa shape index (κ1) is 9.86. The maximum Gasteiger partial charge on any atom is 0.273 e. The second kappa shape index (κ2) is 3.17. The van der Waals surface area contributed by atoms with Crippen LogP contribution in [0.3, 0.4) is 0 Å². The van der Waals surface area contributed by atoms with Crippen LogP contribution in [0.15, 0.2) is 35.4 Å². The number of nitrogens with zero attached hydrogens (tertiary/aromatic N) is 2. The number of anilines is 1. The molecule has 2 N–H and O–H groups in total. The molecule has 4 heteroatoms. The molecule has 1 atom stereocenters. The molecular weight excluding hydrogens is 190 g/mol. The van der Waals surface area contributed by atoms with E-state index in [9.17, 15) is 4.79 Å². The Morgan fingerprint density at radius 3 is 2.40 bits per heavy atom. The molecule has 4 nitrogen and oxygen atoms in total. The van der Waals surface area contributed by atoms with Crippen LogP contribution < -0.4 is 10.7 Å². The number of carbonyl (C=O) groups excluding carboxylic acids is 1. The van der Waals surface area contributed by atoms with Crippen molar-refractivity contribution in [2.75, 3.05) is 5.01 Å². The summed E-state index contributed by atoms with van der Waals surface area (Å²) in [5, 5.41) is 5.52. The highest BCUT2D eigenvalue weighted by molar-refractivity contribution is 6.21. The van der Waals surface area contributed by atoms with Crippen molar-refractivity contribution in [2.45, 2.75) is 19.4 Å². The van der Waals surface area contributed by atoms with Gasteiger partial charge in [0.1, 0.15) is 5.54 Å². The first-order valence-corrected chi connectivity index (χ1v) is 4.77. The van der Waals surface area contributed by atoms with Gasteiger partial charge in [0.25, 0.3) is 5.91 Å². The largest absolute Gasteiger partial charge is 0.313 e. The lowest BCUT2D eigenvalue weighted by atomic mass is 9.98. The first-order chi connectivity index (χ1) is 7.03. The molecule has 0 aliphatic carbocycles. The van der Waals surface area contributed by atoms with E-state index in [0.717, 1.165) is 5.69 Å². The summed E-state index contributed by atoms with van der Waals surface area (Å²) in [7, 11) is 0. The molecule has 0 radical (unpaired) electrons. The molecule has 15 heavy (non-hydrogen) atoms. The van der Waals surface area contributed by atoms with Crippen LogP contribution in [0.2, 0.25) is 0 Å². The third-order valence-electron chi connectivity index (χ3n) is 2.64. The van der Waals surface area contributed by atoms with Crippen LogP contribution in [0, 0.1) is 0 Å². The average molecular weight is 203 g/mol. The number of carbonyl (C=O) groups is 1. The summed E-state index contributed by atoms with van der Waals surface area (Å²) in [6.45, 7) is 3.44. The second-order valence-corrected chi connectivity index (χ2v) is 3.84. The number of amides is 1. The Morgan fingerprint density at radius 2 is 1.93 bits per heavy atom. The van der Waals surface area contributed by atoms with Crippen LogP contribution in [0.25, 0.3) is 0 Å². The van der Waals surface area contributed by atoms with Crippen LogP contribution in [0.4, 0.5) is 5.69 Å². The zero-order chi connectivity index (χ0) is 11.1. The zero-order valence-corrected chi connectivity index (χ0v) is 8.77. The van der Waals surface area contributed by atoms with Crippen molar-refractivity contribution in [3.8, 4) is 0 Å². The van der Waals surface area contributed by atoms with Gasteiger partial charge in [-0.15, -0.1) is 0 Å². The Hall–Kier alpha value is -1.68. The summed E-state index contributed by atoms with van der Waals surface area (Å²) in [6.07, 6.45) is 0. The van der Waals surface area contributed by atoms with Gasteiger partial charge in [0, 0.05) is 0 Å². The number of benzene rings is 1. The molecule has 1 aromatic rings. The lowest BCUT2D eigenvalue weighted by molar-refractivity contribution is -0.120. The van der Waals surface area contributed by atoms with Crippen LogP contribution in [-0.2, 0) is 4.79 Å². The Morgan fingerprint density at radius 1 is 1.33 bits per heavy atom. The molecule has 1 amide bonds. The summed E-state index contributed by atoms with van der Waals surface area (Å²) in [5.74, 6) is -0.189. The molecule has 0 unspecified atom stereocenters.